The molecule has 1 heterocycles. The number of methoxy groups -OCH3 is 1. The molecule has 1 aliphatic rings. The summed E-state index contributed by atoms with van der Waals surface area (Å²) in [5.41, 5.74) is 0.908. The number of halogens is 1. The number of hydrogen-bond donors (Lipinski definition) is 0. The highest BCUT2D eigenvalue weighted by molar-refractivity contribution is 6.00. The molecule has 0 unspecified atom stereocenters. The third-order valence-corrected chi connectivity index (χ3v) is 3.46. The second-order valence-electron chi connectivity index (χ2n) is 4.61. The second kappa shape index (κ2) is 5.48. The zero-order valence-electron chi connectivity index (χ0n) is 10.8. The lowest BCUT2D eigenvalue weighted by atomic mass is 10.0. The number of ether oxygens (including phenoxy) is 1. The molecule has 98 valence electrons. The molecule has 0 radical (unpaired) electrons. The van der Waals surface area contributed by atoms with Crippen molar-refractivity contribution in [3.8, 4) is 0 Å². The van der Waals surface area contributed by atoms with Crippen molar-refractivity contribution in [2.45, 2.75) is 25.9 Å². The minimum absolute atomic E-state index is 0.202. The van der Waals surface area contributed by atoms with E-state index in [0.717, 1.165) is 25.9 Å². The topological polar surface area (TPSA) is 29.5 Å². The van der Waals surface area contributed by atoms with Gasteiger partial charge in [-0.2, -0.15) is 0 Å². The molecule has 0 atom stereocenters. The van der Waals surface area contributed by atoms with E-state index < -0.39 is 5.82 Å². The number of Topliss-reactive ketones (excluding diaryl/α,β-unsaturated/α-hetero) is 1. The quantitative estimate of drug-likeness (QED) is 0.773. The fourth-order valence-corrected chi connectivity index (χ4v) is 2.46. The summed E-state index contributed by atoms with van der Waals surface area (Å²) in [6.07, 6.45) is 2.09. The molecule has 0 N–H and O–H groups in total. The van der Waals surface area contributed by atoms with Crippen molar-refractivity contribution in [1.29, 1.82) is 0 Å². The number of ketones is 1. The predicted molar refractivity (Wildman–Crippen MR) is 68.6 cm³/mol. The van der Waals surface area contributed by atoms with Gasteiger partial charge in [0.2, 0.25) is 0 Å². The van der Waals surface area contributed by atoms with Gasteiger partial charge in [0.15, 0.2) is 5.78 Å². The Balaban J connectivity index is 2.24. The summed E-state index contributed by atoms with van der Waals surface area (Å²) in [5.74, 6) is -0.661. The highest BCUT2D eigenvalue weighted by Gasteiger charge is 2.23. The van der Waals surface area contributed by atoms with Crippen LogP contribution in [0.2, 0.25) is 0 Å². The van der Waals surface area contributed by atoms with Crippen LogP contribution in [-0.2, 0) is 4.74 Å². The first kappa shape index (κ1) is 13.0. The van der Waals surface area contributed by atoms with Crippen LogP contribution in [0.25, 0.3) is 0 Å². The lowest BCUT2D eigenvalue weighted by Gasteiger charge is -2.33. The Bertz CT molecular complexity index is 439. The summed E-state index contributed by atoms with van der Waals surface area (Å²) in [6, 6.07) is 4.80. The van der Waals surface area contributed by atoms with E-state index in [4.69, 9.17) is 4.74 Å². The molecule has 3 nitrogen and oxygen atoms in total. The summed E-state index contributed by atoms with van der Waals surface area (Å²) in [6.45, 7) is 2.99. The maximum absolute atomic E-state index is 13.7. The van der Waals surface area contributed by atoms with E-state index >= 15 is 0 Å². The maximum atomic E-state index is 13.7. The lowest BCUT2D eigenvalue weighted by Crippen LogP contribution is -2.37. The third kappa shape index (κ3) is 2.53. The number of rotatable bonds is 3. The minimum atomic E-state index is -0.436. The van der Waals surface area contributed by atoms with Gasteiger partial charge < -0.3 is 9.64 Å². The van der Waals surface area contributed by atoms with Crippen molar-refractivity contribution in [2.75, 3.05) is 25.1 Å². The van der Waals surface area contributed by atoms with Gasteiger partial charge in [-0.1, -0.05) is 6.07 Å². The van der Waals surface area contributed by atoms with E-state index in [1.807, 2.05) is 6.07 Å². The highest BCUT2D eigenvalue weighted by atomic mass is 19.1. The standard InChI is InChI=1S/C14H18FNO2/c1-10(17)14-12(15)4-3-5-13(14)16-8-6-11(18-2)7-9-16/h3-5,11H,6-9H2,1-2H3. The van der Waals surface area contributed by atoms with Gasteiger partial charge in [-0.25, -0.2) is 4.39 Å². The predicted octanol–water partition coefficient (Wildman–Crippen LogP) is 2.64. The Morgan fingerprint density at radius 2 is 2.06 bits per heavy atom. The van der Waals surface area contributed by atoms with Crippen LogP contribution in [0.5, 0.6) is 0 Å². The molecule has 1 aromatic carbocycles. The third-order valence-electron chi connectivity index (χ3n) is 3.46. The zero-order valence-corrected chi connectivity index (χ0v) is 10.8. The van der Waals surface area contributed by atoms with Crippen molar-refractivity contribution in [3.63, 3.8) is 0 Å². The van der Waals surface area contributed by atoms with E-state index in [1.54, 1.807) is 13.2 Å². The van der Waals surface area contributed by atoms with Crippen LogP contribution in [0.3, 0.4) is 0 Å². The molecular formula is C14H18FNO2. The summed E-state index contributed by atoms with van der Waals surface area (Å²) in [7, 11) is 1.71. The average Bonchev–Trinajstić information content (AvgIpc) is 2.38. The van der Waals surface area contributed by atoms with Gasteiger partial charge in [0.05, 0.1) is 17.4 Å². The van der Waals surface area contributed by atoms with E-state index in [-0.39, 0.29) is 17.5 Å². The lowest BCUT2D eigenvalue weighted by molar-refractivity contribution is 0.0818. The summed E-state index contributed by atoms with van der Waals surface area (Å²) in [5, 5.41) is 0. The molecule has 1 aromatic rings. The molecule has 1 saturated heterocycles. The maximum Gasteiger partial charge on any atom is 0.164 e. The molecule has 2 rings (SSSR count). The van der Waals surface area contributed by atoms with Gasteiger partial charge in [0, 0.05) is 20.2 Å². The van der Waals surface area contributed by atoms with Crippen LogP contribution in [0.15, 0.2) is 18.2 Å². The van der Waals surface area contributed by atoms with Crippen molar-refractivity contribution < 1.29 is 13.9 Å². The molecule has 18 heavy (non-hydrogen) atoms. The summed E-state index contributed by atoms with van der Waals surface area (Å²) >= 11 is 0. The Morgan fingerprint density at radius 1 is 1.39 bits per heavy atom. The SMILES string of the molecule is COC1CCN(c2cccc(F)c2C(C)=O)CC1. The fourth-order valence-electron chi connectivity index (χ4n) is 2.46. The average molecular weight is 251 g/mol. The van der Waals surface area contributed by atoms with Crippen LogP contribution in [-0.4, -0.2) is 32.1 Å². The monoisotopic (exact) mass is 251 g/mol. The van der Waals surface area contributed by atoms with Gasteiger partial charge in [0.1, 0.15) is 5.82 Å². The molecule has 0 spiro atoms. The summed E-state index contributed by atoms with van der Waals surface area (Å²) < 4.78 is 19.0. The molecule has 0 aliphatic carbocycles. The molecule has 1 fully saturated rings. The minimum Gasteiger partial charge on any atom is -0.381 e. The molecular weight excluding hydrogens is 233 g/mol. The van der Waals surface area contributed by atoms with Crippen LogP contribution >= 0.6 is 0 Å². The molecule has 0 saturated carbocycles. The molecule has 0 amide bonds. The van der Waals surface area contributed by atoms with Crippen molar-refractivity contribution in [1.82, 2.24) is 0 Å². The molecule has 0 aromatic heterocycles. The van der Waals surface area contributed by atoms with Gasteiger partial charge in [-0.05, 0) is 31.9 Å². The normalized spacial score (nSPS) is 16.9. The highest BCUT2D eigenvalue weighted by Crippen LogP contribution is 2.27. The number of carbonyl (C=O) groups is 1. The number of carbonyl (C=O) groups excluding carboxylic acids is 1. The Labute approximate surface area is 107 Å². The number of nitrogens with zero attached hydrogens (tertiary/aromatic N) is 1. The van der Waals surface area contributed by atoms with Gasteiger partial charge in [-0.3, -0.25) is 4.79 Å². The number of hydrogen-bond acceptors (Lipinski definition) is 3. The second-order valence-corrected chi connectivity index (χ2v) is 4.61. The Kier molecular flexibility index (Phi) is 3.97. The van der Waals surface area contributed by atoms with Crippen LogP contribution in [0.4, 0.5) is 10.1 Å². The van der Waals surface area contributed by atoms with Gasteiger partial charge in [-0.15, -0.1) is 0 Å². The fraction of sp³-hybridized carbons (Fsp3) is 0.500. The first-order valence-corrected chi connectivity index (χ1v) is 6.20. The van der Waals surface area contributed by atoms with Gasteiger partial charge >= 0.3 is 0 Å². The van der Waals surface area contributed by atoms with Crippen molar-refractivity contribution >= 4 is 11.5 Å². The Hall–Kier alpha value is -1.42. The first-order chi connectivity index (χ1) is 8.63. The van der Waals surface area contributed by atoms with E-state index in [0.29, 0.717) is 5.69 Å². The Morgan fingerprint density at radius 3 is 2.61 bits per heavy atom. The van der Waals surface area contributed by atoms with Crippen LogP contribution in [0.1, 0.15) is 30.1 Å². The van der Waals surface area contributed by atoms with Crippen LogP contribution < -0.4 is 4.90 Å². The van der Waals surface area contributed by atoms with E-state index in [1.165, 1.54) is 13.0 Å². The van der Waals surface area contributed by atoms with Crippen molar-refractivity contribution in [2.24, 2.45) is 0 Å². The molecule has 0 bridgehead atoms. The van der Waals surface area contributed by atoms with Gasteiger partial charge in [0.25, 0.3) is 0 Å². The number of piperidine rings is 1. The smallest absolute Gasteiger partial charge is 0.164 e. The molecule has 1 aliphatic heterocycles. The number of benzene rings is 1. The summed E-state index contributed by atoms with van der Waals surface area (Å²) in [4.78, 5) is 13.6. The largest absolute Gasteiger partial charge is 0.381 e. The zero-order chi connectivity index (χ0) is 13.1. The van der Waals surface area contributed by atoms with E-state index in [2.05, 4.69) is 4.90 Å². The van der Waals surface area contributed by atoms with Crippen molar-refractivity contribution in [3.05, 3.63) is 29.6 Å². The number of anilines is 1. The van der Waals surface area contributed by atoms with Crippen LogP contribution in [0, 0.1) is 5.82 Å². The molecule has 4 heteroatoms. The van der Waals surface area contributed by atoms with E-state index in [9.17, 15) is 9.18 Å². The first-order valence-electron chi connectivity index (χ1n) is 6.20.